The third-order valence-corrected chi connectivity index (χ3v) is 5.38. The fourth-order valence-electron chi connectivity index (χ4n) is 4.33. The number of hydrogen-bond acceptors (Lipinski definition) is 1. The highest BCUT2D eigenvalue weighted by atomic mass is 16.5. The largest absolute Gasteiger partial charge is 0.490 e. The number of ether oxygens (including phenoxy) is 1. The van der Waals surface area contributed by atoms with E-state index in [1.54, 1.807) is 0 Å². The van der Waals surface area contributed by atoms with Crippen molar-refractivity contribution in [3.63, 3.8) is 0 Å². The maximum absolute atomic E-state index is 6.34. The molecule has 0 saturated heterocycles. The van der Waals surface area contributed by atoms with Crippen molar-refractivity contribution in [1.82, 2.24) is 0 Å². The zero-order chi connectivity index (χ0) is 18.5. The third kappa shape index (κ3) is 4.46. The van der Waals surface area contributed by atoms with Crippen LogP contribution in [0.2, 0.25) is 0 Å². The SMILES string of the molecule is C=C(/C=C/c1ccccc1)O[C@H]1CCCC[C@@H]1c1c(C)cc(C)cc1C. The predicted octanol–water partition coefficient (Wildman–Crippen LogP) is 6.88. The second-order valence-corrected chi connectivity index (χ2v) is 7.57. The van der Waals surface area contributed by atoms with E-state index in [2.05, 4.69) is 57.7 Å². The standard InChI is InChI=1S/C25H30O/c1-18-16-19(2)25(20(3)17-18)23-12-8-9-13-24(23)26-21(4)14-15-22-10-6-5-7-11-22/h5-7,10-11,14-17,23-24H,4,8-9,12-13H2,1-3H3/b15-14+/t23-,24-/m0/s1. The number of aryl methyl sites for hydroxylation is 3. The molecule has 0 amide bonds. The molecule has 2 aromatic rings. The van der Waals surface area contributed by atoms with Crippen LogP contribution in [0.5, 0.6) is 0 Å². The van der Waals surface area contributed by atoms with Gasteiger partial charge in [-0.25, -0.2) is 0 Å². The minimum atomic E-state index is 0.219. The van der Waals surface area contributed by atoms with Gasteiger partial charge in [0.25, 0.3) is 0 Å². The molecule has 1 nitrogen and oxygen atoms in total. The first-order chi connectivity index (χ1) is 12.5. The molecular weight excluding hydrogens is 316 g/mol. The van der Waals surface area contributed by atoms with Crippen LogP contribution < -0.4 is 0 Å². The first kappa shape index (κ1) is 18.5. The molecule has 0 spiro atoms. The number of allylic oxidation sites excluding steroid dienone is 1. The number of hydrogen-bond donors (Lipinski definition) is 0. The minimum Gasteiger partial charge on any atom is -0.490 e. The molecule has 0 bridgehead atoms. The zero-order valence-electron chi connectivity index (χ0n) is 16.3. The lowest BCUT2D eigenvalue weighted by atomic mass is 9.78. The number of benzene rings is 2. The van der Waals surface area contributed by atoms with E-state index in [0.29, 0.717) is 5.92 Å². The highest BCUT2D eigenvalue weighted by Gasteiger charge is 2.30. The van der Waals surface area contributed by atoms with Crippen LogP contribution in [-0.2, 0) is 4.74 Å². The van der Waals surface area contributed by atoms with Crippen molar-refractivity contribution >= 4 is 6.08 Å². The minimum absolute atomic E-state index is 0.219. The second kappa shape index (κ2) is 8.40. The molecule has 26 heavy (non-hydrogen) atoms. The Morgan fingerprint density at radius 2 is 1.65 bits per heavy atom. The normalized spacial score (nSPS) is 20.3. The van der Waals surface area contributed by atoms with E-state index in [1.165, 1.54) is 47.1 Å². The van der Waals surface area contributed by atoms with E-state index in [1.807, 2.05) is 24.3 Å². The van der Waals surface area contributed by atoms with Crippen LogP contribution >= 0.6 is 0 Å². The Kier molecular flexibility index (Phi) is 5.98. The molecule has 0 aliphatic heterocycles. The fourth-order valence-corrected chi connectivity index (χ4v) is 4.33. The van der Waals surface area contributed by atoms with Crippen molar-refractivity contribution in [3.8, 4) is 0 Å². The Hall–Kier alpha value is -2.28. The Morgan fingerprint density at radius 1 is 1.00 bits per heavy atom. The van der Waals surface area contributed by atoms with Crippen molar-refractivity contribution in [2.75, 3.05) is 0 Å². The first-order valence-electron chi connectivity index (χ1n) is 9.71. The van der Waals surface area contributed by atoms with Crippen LogP contribution in [0, 0.1) is 20.8 Å². The number of rotatable bonds is 5. The van der Waals surface area contributed by atoms with Crippen molar-refractivity contribution < 1.29 is 4.74 Å². The molecule has 0 heterocycles. The summed E-state index contributed by atoms with van der Waals surface area (Å²) < 4.78 is 6.34. The van der Waals surface area contributed by atoms with E-state index < -0.39 is 0 Å². The van der Waals surface area contributed by atoms with E-state index in [-0.39, 0.29) is 6.10 Å². The molecule has 1 aliphatic rings. The first-order valence-corrected chi connectivity index (χ1v) is 9.71. The molecular formula is C25H30O. The summed E-state index contributed by atoms with van der Waals surface area (Å²) in [4.78, 5) is 0. The highest BCUT2D eigenvalue weighted by Crippen LogP contribution is 2.39. The molecule has 0 unspecified atom stereocenters. The molecule has 0 aromatic heterocycles. The van der Waals surface area contributed by atoms with E-state index in [0.717, 1.165) is 12.2 Å². The summed E-state index contributed by atoms with van der Waals surface area (Å²) in [5.74, 6) is 1.22. The maximum atomic E-state index is 6.34. The summed E-state index contributed by atoms with van der Waals surface area (Å²) in [5, 5.41) is 0. The van der Waals surface area contributed by atoms with Gasteiger partial charge in [0.15, 0.2) is 0 Å². The molecule has 1 saturated carbocycles. The van der Waals surface area contributed by atoms with Gasteiger partial charge in [0, 0.05) is 5.92 Å². The third-order valence-electron chi connectivity index (χ3n) is 5.38. The average Bonchev–Trinajstić information content (AvgIpc) is 2.61. The van der Waals surface area contributed by atoms with Gasteiger partial charge >= 0.3 is 0 Å². The highest BCUT2D eigenvalue weighted by molar-refractivity contribution is 5.51. The van der Waals surface area contributed by atoms with Crippen molar-refractivity contribution in [1.29, 1.82) is 0 Å². The van der Waals surface area contributed by atoms with Crippen molar-refractivity contribution in [2.24, 2.45) is 0 Å². The lowest BCUT2D eigenvalue weighted by molar-refractivity contribution is 0.0707. The van der Waals surface area contributed by atoms with Crippen LogP contribution in [-0.4, -0.2) is 6.10 Å². The van der Waals surface area contributed by atoms with Gasteiger partial charge in [-0.2, -0.15) is 0 Å². The van der Waals surface area contributed by atoms with Gasteiger partial charge in [0.2, 0.25) is 0 Å². The molecule has 1 aliphatic carbocycles. The summed E-state index contributed by atoms with van der Waals surface area (Å²) in [5.41, 5.74) is 6.79. The van der Waals surface area contributed by atoms with Crippen LogP contribution in [0.4, 0.5) is 0 Å². The molecule has 3 rings (SSSR count). The lowest BCUT2D eigenvalue weighted by Gasteiger charge is -2.34. The summed E-state index contributed by atoms with van der Waals surface area (Å²) in [6.45, 7) is 10.8. The van der Waals surface area contributed by atoms with Gasteiger partial charge in [0.05, 0.1) is 0 Å². The predicted molar refractivity (Wildman–Crippen MR) is 111 cm³/mol. The molecule has 2 aromatic carbocycles. The molecule has 1 fully saturated rings. The molecule has 2 atom stereocenters. The topological polar surface area (TPSA) is 9.23 Å². The molecule has 136 valence electrons. The van der Waals surface area contributed by atoms with Gasteiger partial charge in [0.1, 0.15) is 11.9 Å². The van der Waals surface area contributed by atoms with Crippen LogP contribution in [0.3, 0.4) is 0 Å². The van der Waals surface area contributed by atoms with Crippen LogP contribution in [0.15, 0.2) is 60.9 Å². The van der Waals surface area contributed by atoms with Crippen LogP contribution in [0.25, 0.3) is 6.08 Å². The van der Waals surface area contributed by atoms with Gasteiger partial charge in [-0.1, -0.05) is 67.1 Å². The maximum Gasteiger partial charge on any atom is 0.112 e. The summed E-state index contributed by atoms with van der Waals surface area (Å²) in [6.07, 6.45) is 9.11. The van der Waals surface area contributed by atoms with Gasteiger partial charge in [-0.05, 0) is 68.4 Å². The Labute approximate surface area is 158 Å². The average molecular weight is 347 g/mol. The van der Waals surface area contributed by atoms with Gasteiger partial charge in [-0.3, -0.25) is 0 Å². The monoisotopic (exact) mass is 346 g/mol. The quantitative estimate of drug-likeness (QED) is 0.423. The van der Waals surface area contributed by atoms with Crippen LogP contribution in [0.1, 0.15) is 59.4 Å². The second-order valence-electron chi connectivity index (χ2n) is 7.57. The lowest BCUT2D eigenvalue weighted by Crippen LogP contribution is -2.27. The Bertz CT molecular complexity index is 762. The van der Waals surface area contributed by atoms with E-state index >= 15 is 0 Å². The fraction of sp³-hybridized carbons (Fsp3) is 0.360. The summed E-state index contributed by atoms with van der Waals surface area (Å²) in [7, 11) is 0. The van der Waals surface area contributed by atoms with Crippen molar-refractivity contribution in [3.05, 3.63) is 88.7 Å². The van der Waals surface area contributed by atoms with Gasteiger partial charge in [-0.15, -0.1) is 0 Å². The Balaban J connectivity index is 1.75. The summed E-state index contributed by atoms with van der Waals surface area (Å²) >= 11 is 0. The van der Waals surface area contributed by atoms with E-state index in [9.17, 15) is 0 Å². The van der Waals surface area contributed by atoms with E-state index in [4.69, 9.17) is 4.74 Å². The smallest absolute Gasteiger partial charge is 0.112 e. The molecule has 1 heteroatoms. The van der Waals surface area contributed by atoms with Gasteiger partial charge < -0.3 is 4.74 Å². The summed E-state index contributed by atoms with van der Waals surface area (Å²) in [6, 6.07) is 14.9. The Morgan fingerprint density at radius 3 is 2.35 bits per heavy atom. The zero-order valence-corrected chi connectivity index (χ0v) is 16.3. The van der Waals surface area contributed by atoms with Crippen molar-refractivity contribution in [2.45, 2.75) is 58.5 Å². The molecule has 0 radical (unpaired) electrons. The molecule has 0 N–H and O–H groups in total.